The smallest absolute Gasteiger partial charge is 0.328 e. The van der Waals surface area contributed by atoms with Crippen molar-refractivity contribution in [3.05, 3.63) is 57.0 Å². The Labute approximate surface area is 254 Å². The summed E-state index contributed by atoms with van der Waals surface area (Å²) in [5.74, 6) is -1.70. The van der Waals surface area contributed by atoms with E-state index in [9.17, 15) is 24.3 Å². The van der Waals surface area contributed by atoms with Gasteiger partial charge in [-0.05, 0) is 31.1 Å². The van der Waals surface area contributed by atoms with E-state index in [-0.39, 0.29) is 39.8 Å². The Morgan fingerprint density at radius 3 is 2.60 bits per heavy atom. The summed E-state index contributed by atoms with van der Waals surface area (Å²) in [7, 11) is 6.17. The number of pyridine rings is 1. The second kappa shape index (κ2) is 12.6. The van der Waals surface area contributed by atoms with E-state index in [1.54, 1.807) is 0 Å². The standard InChI is InChI=1S/C30H39N7O5S/c1-30(2,3)22-18-43-29(32-22)34-27(41)19-11-14-36-23(16-19)33-25(21(28(36)42)9-10-24(38)39)35-13-7-8-20(17-35)26(40)31-12-15-37(4,5)6/h9-11,14,16,18,20H,7-8,12-13,15,17H2,1-6H3,(H2-,31,32,34,38,39,40,41)/p+1/b10-9+. The van der Waals surface area contributed by atoms with E-state index in [2.05, 4.69) is 36.8 Å². The molecule has 0 aromatic carbocycles. The maximum absolute atomic E-state index is 13.6. The van der Waals surface area contributed by atoms with E-state index >= 15 is 0 Å². The van der Waals surface area contributed by atoms with Crippen molar-refractivity contribution in [3.63, 3.8) is 0 Å². The number of quaternary nitrogens is 1. The van der Waals surface area contributed by atoms with Gasteiger partial charge in [0.2, 0.25) is 5.91 Å². The molecule has 4 heterocycles. The molecular weight excluding hydrogens is 570 g/mol. The largest absolute Gasteiger partial charge is 0.478 e. The third-order valence-electron chi connectivity index (χ3n) is 7.17. The van der Waals surface area contributed by atoms with Gasteiger partial charge in [0.15, 0.2) is 5.13 Å². The molecule has 1 fully saturated rings. The van der Waals surface area contributed by atoms with Crippen molar-refractivity contribution < 1.29 is 24.0 Å². The van der Waals surface area contributed by atoms with E-state index in [4.69, 9.17) is 4.98 Å². The van der Waals surface area contributed by atoms with Gasteiger partial charge in [0.25, 0.3) is 11.5 Å². The molecule has 13 heteroatoms. The van der Waals surface area contributed by atoms with Crippen molar-refractivity contribution in [2.75, 3.05) is 57.5 Å². The number of nitrogens with zero attached hydrogens (tertiary/aromatic N) is 5. The summed E-state index contributed by atoms with van der Waals surface area (Å²) in [5, 5.41) is 17.5. The number of carbonyl (C=O) groups is 3. The van der Waals surface area contributed by atoms with Gasteiger partial charge in [0, 0.05) is 41.7 Å². The molecule has 4 rings (SSSR count). The lowest BCUT2D eigenvalue weighted by atomic mass is 9.93. The number of carboxylic acids is 1. The summed E-state index contributed by atoms with van der Waals surface area (Å²) in [4.78, 5) is 62.1. The number of aliphatic carboxylic acids is 1. The number of hydrogen-bond acceptors (Lipinski definition) is 8. The van der Waals surface area contributed by atoms with Crippen LogP contribution in [-0.2, 0) is 15.0 Å². The predicted octanol–water partition coefficient (Wildman–Crippen LogP) is 2.84. The van der Waals surface area contributed by atoms with Crippen LogP contribution in [0.15, 0.2) is 34.6 Å². The molecule has 3 N–H and O–H groups in total. The van der Waals surface area contributed by atoms with Gasteiger partial charge in [-0.3, -0.25) is 24.1 Å². The summed E-state index contributed by atoms with van der Waals surface area (Å²) in [6, 6.07) is 3.02. The monoisotopic (exact) mass is 610 g/mol. The number of nitrogens with one attached hydrogen (secondary N) is 2. The Hall–Kier alpha value is -4.10. The molecule has 3 aromatic rings. The molecule has 0 saturated carbocycles. The first-order valence-corrected chi connectivity index (χ1v) is 15.1. The topological polar surface area (TPSA) is 146 Å². The molecule has 1 aliphatic rings. The van der Waals surface area contributed by atoms with Crippen molar-refractivity contribution in [2.45, 2.75) is 39.0 Å². The van der Waals surface area contributed by atoms with Crippen molar-refractivity contribution in [1.82, 2.24) is 19.7 Å². The first-order chi connectivity index (χ1) is 20.1. The number of likely N-dealkylation sites (N-methyl/N-ethyl adjacent to an activating group) is 1. The molecule has 1 atom stereocenters. The first kappa shape index (κ1) is 31.8. The number of piperidine rings is 1. The van der Waals surface area contributed by atoms with Crippen LogP contribution in [0.2, 0.25) is 0 Å². The molecule has 0 radical (unpaired) electrons. The van der Waals surface area contributed by atoms with E-state index in [1.807, 2.05) is 31.1 Å². The molecule has 43 heavy (non-hydrogen) atoms. The summed E-state index contributed by atoms with van der Waals surface area (Å²) in [6.07, 6.45) is 4.97. The fourth-order valence-electron chi connectivity index (χ4n) is 4.71. The number of carbonyl (C=O) groups excluding carboxylic acids is 2. The molecule has 1 unspecified atom stereocenters. The second-order valence-corrected chi connectivity index (χ2v) is 13.7. The zero-order valence-electron chi connectivity index (χ0n) is 25.5. The number of aromatic nitrogens is 3. The van der Waals surface area contributed by atoms with Gasteiger partial charge in [-0.25, -0.2) is 14.8 Å². The highest BCUT2D eigenvalue weighted by Crippen LogP contribution is 2.27. The Morgan fingerprint density at radius 2 is 1.95 bits per heavy atom. The van der Waals surface area contributed by atoms with Crippen molar-refractivity contribution in [1.29, 1.82) is 0 Å². The molecule has 230 valence electrons. The summed E-state index contributed by atoms with van der Waals surface area (Å²) >= 11 is 1.34. The van der Waals surface area contributed by atoms with Crippen molar-refractivity contribution >= 4 is 51.8 Å². The van der Waals surface area contributed by atoms with Crippen LogP contribution in [-0.4, -0.2) is 89.1 Å². The Bertz CT molecular complexity index is 1610. The lowest BCUT2D eigenvalue weighted by Gasteiger charge is -2.34. The van der Waals surface area contributed by atoms with Crippen LogP contribution < -0.4 is 21.1 Å². The first-order valence-electron chi connectivity index (χ1n) is 14.2. The van der Waals surface area contributed by atoms with Gasteiger partial charge in [-0.1, -0.05) is 20.8 Å². The summed E-state index contributed by atoms with van der Waals surface area (Å²) in [6.45, 7) is 8.33. The van der Waals surface area contributed by atoms with Gasteiger partial charge < -0.3 is 19.8 Å². The zero-order valence-corrected chi connectivity index (χ0v) is 26.3. The molecule has 0 bridgehead atoms. The fraction of sp³-hybridized carbons (Fsp3) is 0.467. The molecule has 3 aromatic heterocycles. The molecular formula is C30H40N7O5S+. The number of thiazole rings is 1. The number of amides is 2. The lowest BCUT2D eigenvalue weighted by molar-refractivity contribution is -0.869. The van der Waals surface area contributed by atoms with Crippen LogP contribution in [0.3, 0.4) is 0 Å². The summed E-state index contributed by atoms with van der Waals surface area (Å²) in [5.41, 5.74) is 0.843. The number of fused-ring (bicyclic) bond motifs is 1. The van der Waals surface area contributed by atoms with Crippen LogP contribution >= 0.6 is 11.3 Å². The molecule has 0 aliphatic carbocycles. The molecule has 0 spiro atoms. The highest BCUT2D eigenvalue weighted by atomic mass is 32.1. The van der Waals surface area contributed by atoms with Gasteiger partial charge in [0.1, 0.15) is 11.5 Å². The average Bonchev–Trinajstić information content (AvgIpc) is 3.40. The van der Waals surface area contributed by atoms with E-state index in [0.717, 1.165) is 22.8 Å². The Morgan fingerprint density at radius 1 is 1.21 bits per heavy atom. The molecule has 1 aliphatic heterocycles. The average molecular weight is 611 g/mol. The third-order valence-corrected chi connectivity index (χ3v) is 7.92. The SMILES string of the molecule is CC(C)(C)c1csc(NC(=O)c2ccn3c(=O)c(/C=C/C(=O)O)c(N4CCCC(C(=O)NCC[N+](C)(C)C)C4)nc3c2)n1. The van der Waals surface area contributed by atoms with Crippen LogP contribution in [0.1, 0.15) is 55.2 Å². The molecule has 12 nitrogen and oxygen atoms in total. The predicted molar refractivity (Wildman–Crippen MR) is 168 cm³/mol. The van der Waals surface area contributed by atoms with Gasteiger partial charge in [-0.2, -0.15) is 0 Å². The van der Waals surface area contributed by atoms with E-state index in [1.165, 1.54) is 40.1 Å². The highest BCUT2D eigenvalue weighted by molar-refractivity contribution is 7.14. The zero-order chi connectivity index (χ0) is 31.5. The van der Waals surface area contributed by atoms with Gasteiger partial charge in [0.05, 0.1) is 51.4 Å². The van der Waals surface area contributed by atoms with Crippen LogP contribution in [0.4, 0.5) is 10.9 Å². The van der Waals surface area contributed by atoms with E-state index < -0.39 is 17.4 Å². The number of hydrogen-bond donors (Lipinski definition) is 3. The van der Waals surface area contributed by atoms with Crippen LogP contribution in [0, 0.1) is 5.92 Å². The maximum atomic E-state index is 13.6. The lowest BCUT2D eigenvalue weighted by Crippen LogP contribution is -2.47. The normalized spacial score (nSPS) is 16.0. The molecule has 2 amide bonds. The minimum absolute atomic E-state index is 0.0611. The maximum Gasteiger partial charge on any atom is 0.328 e. The second-order valence-electron chi connectivity index (χ2n) is 12.8. The van der Waals surface area contributed by atoms with Crippen LogP contribution in [0.25, 0.3) is 11.7 Å². The minimum Gasteiger partial charge on any atom is -0.478 e. The fourth-order valence-corrected chi connectivity index (χ4v) is 5.64. The minimum atomic E-state index is -1.20. The summed E-state index contributed by atoms with van der Waals surface area (Å²) < 4.78 is 2.00. The van der Waals surface area contributed by atoms with Crippen molar-refractivity contribution in [3.8, 4) is 0 Å². The van der Waals surface area contributed by atoms with Crippen LogP contribution in [0.5, 0.6) is 0 Å². The van der Waals surface area contributed by atoms with Gasteiger partial charge in [-0.15, -0.1) is 11.3 Å². The highest BCUT2D eigenvalue weighted by Gasteiger charge is 2.29. The van der Waals surface area contributed by atoms with E-state index in [0.29, 0.717) is 37.6 Å². The van der Waals surface area contributed by atoms with Gasteiger partial charge >= 0.3 is 5.97 Å². The Balaban J connectivity index is 1.64. The Kier molecular flexibility index (Phi) is 9.35. The number of carboxylic acid groups (broad SMARTS) is 1. The quantitative estimate of drug-likeness (QED) is 0.248. The third kappa shape index (κ3) is 8.05. The van der Waals surface area contributed by atoms with Crippen molar-refractivity contribution in [2.24, 2.45) is 5.92 Å². The number of rotatable bonds is 9. The molecule has 1 saturated heterocycles. The number of anilines is 2.